The van der Waals surface area contributed by atoms with Gasteiger partial charge in [0.05, 0.1) is 0 Å². The topological polar surface area (TPSA) is 67.4 Å². The van der Waals surface area contributed by atoms with E-state index in [4.69, 9.17) is 4.74 Å². The minimum atomic E-state index is -0.590. The van der Waals surface area contributed by atoms with E-state index in [9.17, 15) is 9.59 Å². The van der Waals surface area contributed by atoms with Gasteiger partial charge in [-0.15, -0.1) is 0 Å². The first-order valence-corrected chi connectivity index (χ1v) is 8.71. The first kappa shape index (κ1) is 18.5. The second kappa shape index (κ2) is 7.50. The zero-order valence-electron chi connectivity index (χ0n) is 15.6. The summed E-state index contributed by atoms with van der Waals surface area (Å²) < 4.78 is 5.24. The van der Waals surface area contributed by atoms with Gasteiger partial charge < -0.3 is 10.1 Å². The lowest BCUT2D eigenvalue weighted by atomic mass is 10.1. The van der Waals surface area contributed by atoms with E-state index in [0.29, 0.717) is 11.3 Å². The molecule has 27 heavy (non-hydrogen) atoms. The van der Waals surface area contributed by atoms with Crippen LogP contribution in [0.3, 0.4) is 0 Å². The second-order valence-electron chi connectivity index (χ2n) is 7.19. The molecule has 2 amide bonds. The summed E-state index contributed by atoms with van der Waals surface area (Å²) in [6, 6.07) is 20.3. The smallest absolute Gasteiger partial charge is 0.412 e. The molecule has 0 saturated heterocycles. The van der Waals surface area contributed by atoms with Gasteiger partial charge in [-0.05, 0) is 50.4 Å². The number of fused-ring (bicyclic) bond motifs is 1. The van der Waals surface area contributed by atoms with Crippen molar-refractivity contribution >= 4 is 34.1 Å². The quantitative estimate of drug-likeness (QED) is 0.652. The van der Waals surface area contributed by atoms with E-state index in [0.717, 1.165) is 16.5 Å². The number of anilines is 2. The molecular formula is C22H22N2O3. The molecule has 0 spiro atoms. The summed E-state index contributed by atoms with van der Waals surface area (Å²) in [5, 5.41) is 7.60. The van der Waals surface area contributed by atoms with Crippen LogP contribution < -0.4 is 10.6 Å². The van der Waals surface area contributed by atoms with Gasteiger partial charge >= 0.3 is 6.09 Å². The average molecular weight is 362 g/mol. The fourth-order valence-electron chi connectivity index (χ4n) is 2.69. The van der Waals surface area contributed by atoms with Crippen LogP contribution in [-0.2, 0) is 4.74 Å². The maximum absolute atomic E-state index is 12.7. The lowest BCUT2D eigenvalue weighted by molar-refractivity contribution is 0.0635. The molecule has 0 aliphatic rings. The minimum Gasteiger partial charge on any atom is -0.444 e. The third-order valence-electron chi connectivity index (χ3n) is 3.81. The van der Waals surface area contributed by atoms with Gasteiger partial charge in [-0.3, -0.25) is 10.1 Å². The summed E-state index contributed by atoms with van der Waals surface area (Å²) in [5.74, 6) is -0.251. The molecule has 0 fully saturated rings. The van der Waals surface area contributed by atoms with Gasteiger partial charge in [0, 0.05) is 22.3 Å². The van der Waals surface area contributed by atoms with Crippen molar-refractivity contribution in [3.05, 3.63) is 72.3 Å². The SMILES string of the molecule is CC(C)(C)OC(=O)Nc1cccc(C(=O)Nc2cccc3ccccc23)c1. The molecule has 2 N–H and O–H groups in total. The maximum Gasteiger partial charge on any atom is 0.412 e. The van der Waals surface area contributed by atoms with Crippen molar-refractivity contribution in [2.75, 3.05) is 10.6 Å². The summed E-state index contributed by atoms with van der Waals surface area (Å²) in [5.41, 5.74) is 1.09. The molecule has 5 heteroatoms. The highest BCUT2D eigenvalue weighted by Crippen LogP contribution is 2.24. The molecule has 3 rings (SSSR count). The van der Waals surface area contributed by atoms with Crippen LogP contribution in [0.2, 0.25) is 0 Å². The number of benzene rings is 3. The molecule has 0 saturated carbocycles. The molecule has 0 heterocycles. The third kappa shape index (κ3) is 4.85. The van der Waals surface area contributed by atoms with Crippen molar-refractivity contribution in [3.63, 3.8) is 0 Å². The Hall–Kier alpha value is -3.34. The number of rotatable bonds is 3. The molecule has 0 aromatic heterocycles. The van der Waals surface area contributed by atoms with E-state index in [-0.39, 0.29) is 5.91 Å². The largest absolute Gasteiger partial charge is 0.444 e. The van der Waals surface area contributed by atoms with Gasteiger partial charge in [-0.25, -0.2) is 4.79 Å². The highest BCUT2D eigenvalue weighted by atomic mass is 16.6. The highest BCUT2D eigenvalue weighted by molar-refractivity contribution is 6.09. The van der Waals surface area contributed by atoms with Crippen LogP contribution in [0.1, 0.15) is 31.1 Å². The van der Waals surface area contributed by atoms with Crippen LogP contribution in [0.5, 0.6) is 0 Å². The van der Waals surface area contributed by atoms with Crippen LogP contribution >= 0.6 is 0 Å². The van der Waals surface area contributed by atoms with Gasteiger partial charge in [0.1, 0.15) is 5.60 Å². The van der Waals surface area contributed by atoms with Gasteiger partial charge in [-0.1, -0.05) is 42.5 Å². The fourth-order valence-corrected chi connectivity index (χ4v) is 2.69. The number of hydrogen-bond acceptors (Lipinski definition) is 3. The number of amides is 2. The zero-order chi connectivity index (χ0) is 19.4. The number of ether oxygens (including phenoxy) is 1. The Morgan fingerprint density at radius 1 is 0.852 bits per heavy atom. The Balaban J connectivity index is 1.76. The highest BCUT2D eigenvalue weighted by Gasteiger charge is 2.16. The second-order valence-corrected chi connectivity index (χ2v) is 7.19. The van der Waals surface area contributed by atoms with E-state index in [2.05, 4.69) is 10.6 Å². The van der Waals surface area contributed by atoms with Crippen LogP contribution in [0, 0.1) is 0 Å². The van der Waals surface area contributed by atoms with Crippen LogP contribution in [0.15, 0.2) is 66.7 Å². The molecule has 0 bridgehead atoms. The third-order valence-corrected chi connectivity index (χ3v) is 3.81. The number of nitrogens with one attached hydrogen (secondary N) is 2. The molecule has 0 unspecified atom stereocenters. The van der Waals surface area contributed by atoms with Crippen molar-refractivity contribution in [2.45, 2.75) is 26.4 Å². The van der Waals surface area contributed by atoms with Crippen LogP contribution in [-0.4, -0.2) is 17.6 Å². The summed E-state index contributed by atoms with van der Waals surface area (Å²) in [7, 11) is 0. The van der Waals surface area contributed by atoms with E-state index < -0.39 is 11.7 Å². The van der Waals surface area contributed by atoms with Crippen molar-refractivity contribution in [1.82, 2.24) is 0 Å². The molecule has 0 aliphatic heterocycles. The Morgan fingerprint density at radius 2 is 1.56 bits per heavy atom. The fraction of sp³-hybridized carbons (Fsp3) is 0.182. The molecule has 0 atom stereocenters. The van der Waals surface area contributed by atoms with E-state index >= 15 is 0 Å². The van der Waals surface area contributed by atoms with E-state index in [1.54, 1.807) is 45.0 Å². The van der Waals surface area contributed by atoms with Gasteiger partial charge in [0.2, 0.25) is 0 Å². The summed E-state index contributed by atoms with van der Waals surface area (Å²) in [6.07, 6.45) is -0.561. The normalized spacial score (nSPS) is 11.1. The maximum atomic E-state index is 12.7. The molecular weight excluding hydrogens is 340 g/mol. The zero-order valence-corrected chi connectivity index (χ0v) is 15.6. The van der Waals surface area contributed by atoms with Crippen molar-refractivity contribution in [3.8, 4) is 0 Å². The first-order valence-electron chi connectivity index (χ1n) is 8.71. The van der Waals surface area contributed by atoms with Crippen molar-refractivity contribution < 1.29 is 14.3 Å². The van der Waals surface area contributed by atoms with Gasteiger partial charge in [0.25, 0.3) is 5.91 Å². The van der Waals surface area contributed by atoms with Crippen LogP contribution in [0.25, 0.3) is 10.8 Å². The monoisotopic (exact) mass is 362 g/mol. The predicted octanol–water partition coefficient (Wildman–Crippen LogP) is 5.44. The Morgan fingerprint density at radius 3 is 2.33 bits per heavy atom. The molecule has 0 aliphatic carbocycles. The summed E-state index contributed by atoms with van der Waals surface area (Å²) in [4.78, 5) is 24.6. The molecule has 0 radical (unpaired) electrons. The molecule has 3 aromatic rings. The van der Waals surface area contributed by atoms with Crippen molar-refractivity contribution in [1.29, 1.82) is 0 Å². The molecule has 3 aromatic carbocycles. The summed E-state index contributed by atoms with van der Waals surface area (Å²) in [6.45, 7) is 5.38. The first-order chi connectivity index (χ1) is 12.8. The molecule has 5 nitrogen and oxygen atoms in total. The number of carbonyl (C=O) groups is 2. The van der Waals surface area contributed by atoms with Gasteiger partial charge in [-0.2, -0.15) is 0 Å². The van der Waals surface area contributed by atoms with E-state index in [1.165, 1.54) is 0 Å². The lowest BCUT2D eigenvalue weighted by Gasteiger charge is -2.19. The standard InChI is InChI=1S/C22H22N2O3/c1-22(2,3)27-21(26)23-17-11-6-10-16(14-17)20(25)24-19-13-7-9-15-8-4-5-12-18(15)19/h4-14H,1-3H3,(H,23,26)(H,24,25). The van der Waals surface area contributed by atoms with Crippen molar-refractivity contribution in [2.24, 2.45) is 0 Å². The van der Waals surface area contributed by atoms with Gasteiger partial charge in [0.15, 0.2) is 0 Å². The Labute approximate surface area is 158 Å². The lowest BCUT2D eigenvalue weighted by Crippen LogP contribution is -2.27. The van der Waals surface area contributed by atoms with Crippen LogP contribution in [0.4, 0.5) is 16.2 Å². The Bertz CT molecular complexity index is 985. The average Bonchev–Trinajstić information content (AvgIpc) is 2.60. The molecule has 138 valence electrons. The number of hydrogen-bond donors (Lipinski definition) is 2. The minimum absolute atomic E-state index is 0.251. The number of carbonyl (C=O) groups excluding carboxylic acids is 2. The summed E-state index contributed by atoms with van der Waals surface area (Å²) >= 11 is 0. The Kier molecular flexibility index (Phi) is 5.12. The predicted molar refractivity (Wildman–Crippen MR) is 108 cm³/mol. The van der Waals surface area contributed by atoms with E-state index in [1.807, 2.05) is 42.5 Å².